The lowest BCUT2D eigenvalue weighted by Gasteiger charge is -2.09. The van der Waals surface area contributed by atoms with E-state index in [1.807, 2.05) is 6.92 Å². The number of anilines is 1. The van der Waals surface area contributed by atoms with Crippen molar-refractivity contribution < 1.29 is 14.3 Å². The Kier molecular flexibility index (Phi) is 5.34. The molecular formula is C17H20N8O3. The molecule has 0 aliphatic carbocycles. The lowest BCUT2D eigenvalue weighted by atomic mass is 10.2. The maximum absolute atomic E-state index is 12.6. The molecule has 2 aromatic heterocycles. The lowest BCUT2D eigenvalue weighted by Crippen LogP contribution is -2.18. The van der Waals surface area contributed by atoms with E-state index >= 15 is 0 Å². The van der Waals surface area contributed by atoms with Gasteiger partial charge in [-0.3, -0.25) is 14.3 Å². The summed E-state index contributed by atoms with van der Waals surface area (Å²) in [5.74, 6) is -0.0713. The number of primary amides is 1. The molecule has 0 aliphatic rings. The maximum atomic E-state index is 12.6. The number of carbonyl (C=O) groups is 2. The van der Waals surface area contributed by atoms with Crippen LogP contribution in [0.25, 0.3) is 0 Å². The number of aryl methyl sites for hydroxylation is 2. The van der Waals surface area contributed by atoms with Crippen molar-refractivity contribution in [2.24, 2.45) is 12.8 Å². The van der Waals surface area contributed by atoms with Gasteiger partial charge in [-0.2, -0.15) is 5.10 Å². The minimum atomic E-state index is -0.718. The molecule has 0 radical (unpaired) electrons. The van der Waals surface area contributed by atoms with Crippen LogP contribution in [0.4, 0.5) is 5.69 Å². The summed E-state index contributed by atoms with van der Waals surface area (Å²) in [6, 6.07) is 6.64. The Bertz CT molecular complexity index is 1020. The van der Waals surface area contributed by atoms with E-state index in [2.05, 4.69) is 25.9 Å². The largest absolute Gasteiger partial charge is 0.486 e. The molecule has 0 unspecified atom stereocenters. The normalized spacial score (nSPS) is 10.7. The van der Waals surface area contributed by atoms with Gasteiger partial charge in [0.25, 0.3) is 11.8 Å². The molecular weight excluding hydrogens is 364 g/mol. The van der Waals surface area contributed by atoms with E-state index in [4.69, 9.17) is 10.5 Å². The summed E-state index contributed by atoms with van der Waals surface area (Å²) in [5, 5.41) is 18.1. The van der Waals surface area contributed by atoms with Crippen molar-refractivity contribution >= 4 is 17.5 Å². The summed E-state index contributed by atoms with van der Waals surface area (Å²) in [4.78, 5) is 24.2. The summed E-state index contributed by atoms with van der Waals surface area (Å²) in [6.45, 7) is 4.44. The molecule has 3 aromatic rings. The fourth-order valence-electron chi connectivity index (χ4n) is 2.56. The Hall–Kier alpha value is -3.76. The van der Waals surface area contributed by atoms with Crippen LogP contribution in [0, 0.1) is 6.92 Å². The number of carbonyl (C=O) groups excluding carboxylic acids is 2. The zero-order valence-corrected chi connectivity index (χ0v) is 15.7. The number of amides is 2. The van der Waals surface area contributed by atoms with E-state index in [0.29, 0.717) is 29.4 Å². The van der Waals surface area contributed by atoms with Crippen molar-refractivity contribution in [3.05, 3.63) is 47.0 Å². The van der Waals surface area contributed by atoms with Gasteiger partial charge in [0.2, 0.25) is 0 Å². The van der Waals surface area contributed by atoms with Gasteiger partial charge in [-0.1, -0.05) is 6.07 Å². The number of rotatable bonds is 7. The van der Waals surface area contributed by atoms with Gasteiger partial charge in [-0.25, -0.2) is 4.68 Å². The van der Waals surface area contributed by atoms with Crippen molar-refractivity contribution in [3.63, 3.8) is 0 Å². The standard InChI is InChI=1S/C17H20N8O3/c1-4-25-13(20-22-23-25)9-28-12-7-5-6-11(8-12)17(27)19-14-10(2)24(3)21-15(14)16(18)26/h5-8H,4,9H2,1-3H3,(H2,18,26)(H,19,27). The summed E-state index contributed by atoms with van der Waals surface area (Å²) in [5.41, 5.74) is 6.60. The number of tetrazole rings is 1. The van der Waals surface area contributed by atoms with Crippen LogP contribution in [0.3, 0.4) is 0 Å². The second-order valence-corrected chi connectivity index (χ2v) is 5.98. The topological polar surface area (TPSA) is 143 Å². The van der Waals surface area contributed by atoms with Gasteiger partial charge >= 0.3 is 0 Å². The molecule has 1 aromatic carbocycles. The third-order valence-corrected chi connectivity index (χ3v) is 4.18. The molecule has 3 N–H and O–H groups in total. The first-order valence-electron chi connectivity index (χ1n) is 8.53. The van der Waals surface area contributed by atoms with E-state index < -0.39 is 11.8 Å². The molecule has 2 heterocycles. The van der Waals surface area contributed by atoms with Crippen LogP contribution in [0.15, 0.2) is 24.3 Å². The zero-order chi connectivity index (χ0) is 20.3. The number of aromatic nitrogens is 6. The summed E-state index contributed by atoms with van der Waals surface area (Å²) < 4.78 is 8.79. The second-order valence-electron chi connectivity index (χ2n) is 5.98. The molecule has 0 saturated carbocycles. The first-order chi connectivity index (χ1) is 13.4. The van der Waals surface area contributed by atoms with E-state index in [1.54, 1.807) is 42.9 Å². The highest BCUT2D eigenvalue weighted by atomic mass is 16.5. The Balaban J connectivity index is 1.75. The molecule has 146 valence electrons. The van der Waals surface area contributed by atoms with Gasteiger partial charge in [0.05, 0.1) is 11.4 Å². The Morgan fingerprint density at radius 1 is 1.32 bits per heavy atom. The summed E-state index contributed by atoms with van der Waals surface area (Å²) in [7, 11) is 1.66. The molecule has 0 atom stereocenters. The van der Waals surface area contributed by atoms with Gasteiger partial charge in [0, 0.05) is 19.2 Å². The van der Waals surface area contributed by atoms with Crippen molar-refractivity contribution in [1.82, 2.24) is 30.0 Å². The molecule has 0 fully saturated rings. The lowest BCUT2D eigenvalue weighted by molar-refractivity contribution is 0.0995. The van der Waals surface area contributed by atoms with E-state index in [9.17, 15) is 9.59 Å². The number of nitrogens with one attached hydrogen (secondary N) is 1. The highest BCUT2D eigenvalue weighted by Crippen LogP contribution is 2.21. The SMILES string of the molecule is CCn1nnnc1COc1cccc(C(=O)Nc2c(C(N)=O)nn(C)c2C)c1. The first-order valence-corrected chi connectivity index (χ1v) is 8.53. The third kappa shape index (κ3) is 3.82. The predicted octanol–water partition coefficient (Wildman–Crippen LogP) is 0.665. The minimum absolute atomic E-state index is 0.00663. The molecule has 11 heteroatoms. The molecule has 28 heavy (non-hydrogen) atoms. The van der Waals surface area contributed by atoms with Crippen LogP contribution >= 0.6 is 0 Å². The van der Waals surface area contributed by atoms with Gasteiger partial charge in [0.1, 0.15) is 12.4 Å². The van der Waals surface area contributed by atoms with Crippen molar-refractivity contribution in [3.8, 4) is 5.75 Å². The Labute approximate surface area is 160 Å². The van der Waals surface area contributed by atoms with Crippen molar-refractivity contribution in [2.75, 3.05) is 5.32 Å². The number of benzene rings is 1. The average Bonchev–Trinajstić information content (AvgIpc) is 3.26. The number of ether oxygens (including phenoxy) is 1. The summed E-state index contributed by atoms with van der Waals surface area (Å²) in [6.07, 6.45) is 0. The molecule has 0 saturated heterocycles. The van der Waals surface area contributed by atoms with E-state index in [-0.39, 0.29) is 18.0 Å². The fraction of sp³-hybridized carbons (Fsp3) is 0.294. The fourth-order valence-corrected chi connectivity index (χ4v) is 2.56. The number of hydrogen-bond donors (Lipinski definition) is 2. The van der Waals surface area contributed by atoms with E-state index in [1.165, 1.54) is 4.68 Å². The minimum Gasteiger partial charge on any atom is -0.486 e. The average molecular weight is 384 g/mol. The van der Waals surface area contributed by atoms with Gasteiger partial charge < -0.3 is 15.8 Å². The maximum Gasteiger partial charge on any atom is 0.271 e. The zero-order valence-electron chi connectivity index (χ0n) is 15.7. The summed E-state index contributed by atoms with van der Waals surface area (Å²) >= 11 is 0. The first kappa shape index (κ1) is 19.0. The van der Waals surface area contributed by atoms with Crippen LogP contribution in [-0.2, 0) is 20.2 Å². The second kappa shape index (κ2) is 7.86. The van der Waals surface area contributed by atoms with Gasteiger partial charge in [0.15, 0.2) is 11.5 Å². The monoisotopic (exact) mass is 384 g/mol. The smallest absolute Gasteiger partial charge is 0.271 e. The van der Waals surface area contributed by atoms with Crippen LogP contribution in [0.5, 0.6) is 5.75 Å². The molecule has 2 amide bonds. The molecule has 0 spiro atoms. The quantitative estimate of drug-likeness (QED) is 0.609. The van der Waals surface area contributed by atoms with E-state index in [0.717, 1.165) is 0 Å². The highest BCUT2D eigenvalue weighted by Gasteiger charge is 2.20. The van der Waals surface area contributed by atoms with Gasteiger partial charge in [-0.15, -0.1) is 5.10 Å². The van der Waals surface area contributed by atoms with Crippen LogP contribution in [0.2, 0.25) is 0 Å². The highest BCUT2D eigenvalue weighted by molar-refractivity contribution is 6.08. The number of nitrogens with zero attached hydrogens (tertiary/aromatic N) is 6. The number of hydrogen-bond acceptors (Lipinski definition) is 7. The Morgan fingerprint density at radius 3 is 2.82 bits per heavy atom. The predicted molar refractivity (Wildman–Crippen MR) is 98.7 cm³/mol. The third-order valence-electron chi connectivity index (χ3n) is 4.18. The molecule has 11 nitrogen and oxygen atoms in total. The van der Waals surface area contributed by atoms with Crippen molar-refractivity contribution in [2.45, 2.75) is 27.0 Å². The van der Waals surface area contributed by atoms with Crippen LogP contribution in [-0.4, -0.2) is 41.8 Å². The van der Waals surface area contributed by atoms with Crippen LogP contribution in [0.1, 0.15) is 39.3 Å². The molecule has 0 bridgehead atoms. The van der Waals surface area contributed by atoms with Gasteiger partial charge in [-0.05, 0) is 42.5 Å². The molecule has 0 aliphatic heterocycles. The molecule has 3 rings (SSSR count). The Morgan fingerprint density at radius 2 is 2.11 bits per heavy atom. The number of nitrogens with two attached hydrogens (primary N) is 1. The van der Waals surface area contributed by atoms with Crippen molar-refractivity contribution in [1.29, 1.82) is 0 Å². The van der Waals surface area contributed by atoms with Crippen LogP contribution < -0.4 is 15.8 Å².